The van der Waals surface area contributed by atoms with Crippen LogP contribution in [0.2, 0.25) is 0 Å². The Bertz CT molecular complexity index is 3160. The van der Waals surface area contributed by atoms with E-state index in [-0.39, 0.29) is 72.2 Å². The standard InChI is InChI=1S/C29H35FN4O5S.C27H35FN2O5S/c1-18(2)28-24(12-11-22(36)15-23(37)14-19(3)35)27(20-7-9-21(30)10-8-20)25-6-5-13-34(29(25)32-28)40(38,39)26-16-33(4)17-31-26;1-5-36(34,35)30-14-6-7-24-25(19-8-10-20(28)11-9-19)23(26(17(2)3)29-27(24)30)13-12-21(32)16-22(33)15-18(4)31/h7-12,16-18,22-23,36-37H,5-6,13-15H2,1-4H3;8-13,17,21-22,32-33H,5-7,14-16H2,1-4H3/b12-11+;13-12+/t22-,23+;21-,22+/m11/s1. The van der Waals surface area contributed by atoms with Gasteiger partial charge in [0.25, 0.3) is 10.0 Å². The summed E-state index contributed by atoms with van der Waals surface area (Å²) in [5.41, 5.74) is 6.99. The van der Waals surface area contributed by atoms with Crippen LogP contribution in [0, 0.1) is 11.6 Å². The number of pyridine rings is 2. The lowest BCUT2D eigenvalue weighted by Crippen LogP contribution is -2.38. The van der Waals surface area contributed by atoms with Crippen molar-refractivity contribution in [2.75, 3.05) is 27.5 Å². The van der Waals surface area contributed by atoms with Gasteiger partial charge in [-0.05, 0) is 105 Å². The quantitative estimate of drug-likeness (QED) is 0.0576. The maximum absolute atomic E-state index is 13.9. The highest BCUT2D eigenvalue weighted by Crippen LogP contribution is 2.44. The van der Waals surface area contributed by atoms with Gasteiger partial charge in [-0.3, -0.25) is 13.9 Å². The minimum absolute atomic E-state index is 0.000135. The first-order valence-electron chi connectivity index (χ1n) is 25.6. The van der Waals surface area contributed by atoms with Crippen LogP contribution in [0.1, 0.15) is 132 Å². The van der Waals surface area contributed by atoms with E-state index >= 15 is 0 Å². The van der Waals surface area contributed by atoms with Crippen molar-refractivity contribution in [1.29, 1.82) is 0 Å². The third-order valence-electron chi connectivity index (χ3n) is 13.1. The minimum Gasteiger partial charge on any atom is -0.393 e. The fourth-order valence-corrected chi connectivity index (χ4v) is 12.1. The molecule has 16 nitrogen and oxygen atoms in total. The highest BCUT2D eigenvalue weighted by atomic mass is 32.2. The van der Waals surface area contributed by atoms with Crippen molar-refractivity contribution in [3.63, 3.8) is 0 Å². The van der Waals surface area contributed by atoms with Gasteiger partial charge < -0.3 is 25.0 Å². The number of aliphatic hydroxyl groups is 4. The number of benzene rings is 2. The predicted molar refractivity (Wildman–Crippen MR) is 291 cm³/mol. The zero-order chi connectivity index (χ0) is 55.8. The lowest BCUT2D eigenvalue weighted by atomic mass is 9.87. The Morgan fingerprint density at radius 2 is 1.08 bits per heavy atom. The van der Waals surface area contributed by atoms with Crippen LogP contribution in [0.4, 0.5) is 20.4 Å². The molecule has 0 saturated heterocycles. The Morgan fingerprint density at radius 3 is 1.45 bits per heavy atom. The van der Waals surface area contributed by atoms with Crippen molar-refractivity contribution < 1.29 is 55.6 Å². The third-order valence-corrected chi connectivity index (χ3v) is 16.5. The number of anilines is 2. The molecule has 4 atom stereocenters. The van der Waals surface area contributed by atoms with E-state index in [2.05, 4.69) is 4.98 Å². The summed E-state index contributed by atoms with van der Waals surface area (Å²) in [7, 11) is -5.85. The van der Waals surface area contributed by atoms with Crippen LogP contribution in [-0.2, 0) is 49.5 Å². The predicted octanol–water partition coefficient (Wildman–Crippen LogP) is 8.21. The largest absolute Gasteiger partial charge is 0.393 e. The molecule has 2 aromatic carbocycles. The summed E-state index contributed by atoms with van der Waals surface area (Å²) in [6.45, 7) is 12.7. The molecule has 0 amide bonds. The Morgan fingerprint density at radius 1 is 0.671 bits per heavy atom. The highest BCUT2D eigenvalue weighted by Gasteiger charge is 2.36. The SMILES string of the molecule is CC(=O)C[C@H](O)C[C@H](O)/C=C/c1c(C(C)C)nc2c(c1-c1ccc(F)cc1)CCCN2S(=O)(=O)c1cn(C)cn1.CCS(=O)(=O)N1CCCc2c1nc(C(C)C)c(/C=C/[C@@H](O)C[C@@H](O)CC(C)=O)c2-c1ccc(F)cc1. The molecule has 2 aliphatic rings. The van der Waals surface area contributed by atoms with E-state index < -0.39 is 50.3 Å². The zero-order valence-electron chi connectivity index (χ0n) is 44.3. The first-order valence-corrected chi connectivity index (χ1v) is 28.6. The summed E-state index contributed by atoms with van der Waals surface area (Å²) >= 11 is 0. The van der Waals surface area contributed by atoms with Gasteiger partial charge in [-0.15, -0.1) is 0 Å². The second kappa shape index (κ2) is 25.4. The summed E-state index contributed by atoms with van der Waals surface area (Å²) in [5.74, 6) is -0.662. The number of ketones is 2. The molecular weight excluding hydrogens is 1020 g/mol. The van der Waals surface area contributed by atoms with E-state index in [1.807, 2.05) is 27.7 Å². The van der Waals surface area contributed by atoms with Crippen LogP contribution in [0.15, 0.2) is 78.2 Å². The number of nitrogens with zero attached hydrogens (tertiary/aromatic N) is 6. The number of fused-ring (bicyclic) bond motifs is 2. The number of Topliss-reactive ketones (excluding diaryl/α,β-unsaturated/α-hetero) is 2. The number of carbonyl (C=O) groups is 2. The van der Waals surface area contributed by atoms with Crippen LogP contribution >= 0.6 is 0 Å². The maximum Gasteiger partial charge on any atom is 0.284 e. The molecular formula is C56H70F2N6O10S2. The van der Waals surface area contributed by atoms with Gasteiger partial charge in [0.15, 0.2) is 5.03 Å². The van der Waals surface area contributed by atoms with Gasteiger partial charge in [-0.2, -0.15) is 8.42 Å². The molecule has 7 rings (SSSR count). The monoisotopic (exact) mass is 1090 g/mol. The van der Waals surface area contributed by atoms with E-state index in [1.165, 1.54) is 65.3 Å². The number of imidazole rings is 1. The van der Waals surface area contributed by atoms with E-state index in [4.69, 9.17) is 9.97 Å². The smallest absolute Gasteiger partial charge is 0.284 e. The summed E-state index contributed by atoms with van der Waals surface area (Å²) < 4.78 is 85.1. The van der Waals surface area contributed by atoms with Crippen molar-refractivity contribution >= 4 is 55.4 Å². The number of aliphatic hydroxyl groups excluding tert-OH is 4. The average molecular weight is 1090 g/mol. The lowest BCUT2D eigenvalue weighted by molar-refractivity contribution is -0.120. The molecule has 410 valence electrons. The molecule has 0 radical (unpaired) electrons. The molecule has 5 aromatic rings. The molecule has 2 aliphatic heterocycles. The molecule has 0 bridgehead atoms. The zero-order valence-corrected chi connectivity index (χ0v) is 46.0. The Hall–Kier alpha value is -6.03. The average Bonchev–Trinajstić information content (AvgIpc) is 3.81. The van der Waals surface area contributed by atoms with Crippen LogP contribution < -0.4 is 8.61 Å². The second-order valence-corrected chi connectivity index (χ2v) is 24.1. The summed E-state index contributed by atoms with van der Waals surface area (Å²) in [4.78, 5) is 36.4. The molecule has 0 saturated carbocycles. The number of carbonyl (C=O) groups excluding carboxylic acids is 2. The second-order valence-electron chi connectivity index (χ2n) is 20.1. The van der Waals surface area contributed by atoms with Gasteiger partial charge in [-0.1, -0.05) is 76.3 Å². The fraction of sp³-hybridized carbons (Fsp3) is 0.446. The Labute approximate surface area is 445 Å². The molecule has 20 heteroatoms. The topological polar surface area (TPSA) is 233 Å². The van der Waals surface area contributed by atoms with Crippen molar-refractivity contribution in [2.24, 2.45) is 7.05 Å². The Kier molecular flexibility index (Phi) is 19.8. The number of hydrogen-bond donors (Lipinski definition) is 4. The molecule has 0 fully saturated rings. The van der Waals surface area contributed by atoms with Gasteiger partial charge in [0.1, 0.15) is 34.8 Å². The first kappa shape index (κ1) is 59.2. The number of hydrogen-bond acceptors (Lipinski definition) is 13. The number of sulfonamides is 2. The summed E-state index contributed by atoms with van der Waals surface area (Å²) in [5, 5.41) is 41.2. The van der Waals surface area contributed by atoms with Crippen molar-refractivity contribution in [3.05, 3.63) is 118 Å². The minimum atomic E-state index is -4.00. The van der Waals surface area contributed by atoms with Crippen molar-refractivity contribution in [2.45, 2.75) is 141 Å². The highest BCUT2D eigenvalue weighted by molar-refractivity contribution is 7.93. The van der Waals surface area contributed by atoms with E-state index in [0.29, 0.717) is 83.1 Å². The van der Waals surface area contributed by atoms with Crippen molar-refractivity contribution in [3.8, 4) is 22.3 Å². The number of aryl methyl sites for hydroxylation is 1. The molecule has 5 heterocycles. The lowest BCUT2D eigenvalue weighted by Gasteiger charge is -2.32. The van der Waals surface area contributed by atoms with E-state index in [1.54, 1.807) is 61.0 Å². The van der Waals surface area contributed by atoms with Crippen LogP contribution in [-0.4, -0.2) is 112 Å². The normalized spacial score (nSPS) is 15.6. The molecule has 3 aromatic heterocycles. The van der Waals surface area contributed by atoms with Gasteiger partial charge in [0.2, 0.25) is 10.0 Å². The molecule has 0 unspecified atom stereocenters. The van der Waals surface area contributed by atoms with Gasteiger partial charge >= 0.3 is 0 Å². The first-order chi connectivity index (χ1) is 35.8. The van der Waals surface area contributed by atoms with Gasteiger partial charge in [0.05, 0.1) is 47.9 Å². The maximum atomic E-state index is 13.9. The van der Waals surface area contributed by atoms with Crippen LogP contribution in [0.5, 0.6) is 0 Å². The van der Waals surface area contributed by atoms with Crippen molar-refractivity contribution in [1.82, 2.24) is 19.5 Å². The van der Waals surface area contributed by atoms with Crippen LogP contribution in [0.25, 0.3) is 34.4 Å². The molecule has 0 aliphatic carbocycles. The molecule has 0 spiro atoms. The molecule has 76 heavy (non-hydrogen) atoms. The number of aromatic nitrogens is 4. The Balaban J connectivity index is 0.000000248. The van der Waals surface area contributed by atoms with E-state index in [9.17, 15) is 55.6 Å². The van der Waals surface area contributed by atoms with E-state index in [0.717, 1.165) is 16.7 Å². The van der Waals surface area contributed by atoms with Gasteiger partial charge in [-0.25, -0.2) is 36.5 Å². The number of halogens is 2. The third kappa shape index (κ3) is 14.3. The van der Waals surface area contributed by atoms with Crippen LogP contribution in [0.3, 0.4) is 0 Å². The molecule has 4 N–H and O–H groups in total. The fourth-order valence-electron chi connectivity index (χ4n) is 9.55. The summed E-state index contributed by atoms with van der Waals surface area (Å²) in [6, 6.07) is 12.0. The van der Waals surface area contributed by atoms with Gasteiger partial charge in [0, 0.05) is 74.3 Å². The summed E-state index contributed by atoms with van der Waals surface area (Å²) in [6.07, 6.45) is 7.64. The number of rotatable bonds is 20.